The van der Waals surface area contributed by atoms with Crippen LogP contribution in [0.15, 0.2) is 30.1 Å². The molecule has 196 valence electrons. The number of carbonyl (C=O) groups excluding carboxylic acids is 2. The number of amides is 2. The highest BCUT2D eigenvalue weighted by atomic mass is 16.7. The van der Waals surface area contributed by atoms with Crippen LogP contribution >= 0.6 is 0 Å². The van der Waals surface area contributed by atoms with Crippen molar-refractivity contribution in [2.75, 3.05) is 56.6 Å². The first kappa shape index (κ1) is 27.6. The van der Waals surface area contributed by atoms with Gasteiger partial charge in [-0.05, 0) is 25.5 Å². The third kappa shape index (κ3) is 6.81. The molecule has 1 aliphatic rings. The molecular formula is C25H31N7O5. The Hall–Kier alpha value is -4.01. The molecular weight excluding hydrogens is 478 g/mol. The summed E-state index contributed by atoms with van der Waals surface area (Å²) >= 11 is 0. The third-order valence-electron chi connectivity index (χ3n) is 5.61. The number of hydrogen-bond donors (Lipinski definition) is 2. The second kappa shape index (κ2) is 12.8. The van der Waals surface area contributed by atoms with Crippen molar-refractivity contribution in [3.63, 3.8) is 0 Å². The zero-order chi connectivity index (χ0) is 26.9. The average Bonchev–Trinajstić information content (AvgIpc) is 2.90. The van der Waals surface area contributed by atoms with Gasteiger partial charge in [0.15, 0.2) is 0 Å². The fourth-order valence-electron chi connectivity index (χ4n) is 3.72. The molecule has 0 spiro atoms. The van der Waals surface area contributed by atoms with Crippen LogP contribution in [0.2, 0.25) is 0 Å². The predicted molar refractivity (Wildman–Crippen MR) is 137 cm³/mol. The quantitative estimate of drug-likeness (QED) is 0.383. The zero-order valence-corrected chi connectivity index (χ0v) is 21.6. The van der Waals surface area contributed by atoms with Crippen molar-refractivity contribution in [1.82, 2.24) is 14.9 Å². The van der Waals surface area contributed by atoms with Gasteiger partial charge in [0, 0.05) is 52.7 Å². The number of hydrogen-bond acceptors (Lipinski definition) is 10. The molecule has 0 bridgehead atoms. The number of nitrogens with zero attached hydrogens (tertiary/aromatic N) is 5. The van der Waals surface area contributed by atoms with E-state index in [9.17, 15) is 14.9 Å². The van der Waals surface area contributed by atoms with E-state index in [-0.39, 0.29) is 18.5 Å². The molecule has 3 heterocycles. The van der Waals surface area contributed by atoms with Crippen LogP contribution < -0.4 is 15.5 Å². The largest absolute Gasteiger partial charge is 0.382 e. The average molecular weight is 510 g/mol. The van der Waals surface area contributed by atoms with Gasteiger partial charge < -0.3 is 24.4 Å². The van der Waals surface area contributed by atoms with Crippen LogP contribution in [0.5, 0.6) is 0 Å². The van der Waals surface area contributed by atoms with E-state index in [0.29, 0.717) is 48.2 Å². The summed E-state index contributed by atoms with van der Waals surface area (Å²) in [6.07, 6.45) is 0.613. The maximum absolute atomic E-state index is 13.0. The lowest BCUT2D eigenvalue weighted by Crippen LogP contribution is -2.35. The molecule has 0 saturated carbocycles. The Labute approximate surface area is 215 Å². The topological polar surface area (TPSA) is 142 Å². The Kier molecular flexibility index (Phi) is 9.54. The lowest BCUT2D eigenvalue weighted by molar-refractivity contribution is -0.109. The molecule has 2 amide bonds. The lowest BCUT2D eigenvalue weighted by atomic mass is 10.1. The minimum absolute atomic E-state index is 0.0898. The predicted octanol–water partition coefficient (Wildman–Crippen LogP) is 2.68. The summed E-state index contributed by atoms with van der Waals surface area (Å²) in [4.78, 5) is 36.4. The second-order valence-electron chi connectivity index (χ2n) is 8.56. The van der Waals surface area contributed by atoms with Gasteiger partial charge in [-0.15, -0.1) is 0 Å². The molecule has 0 unspecified atom stereocenters. The SMILES string of the molecule is COC(OC)c1nc(N(C)C(=O)Nc2cc(NC(C)C)c(C#N)cn2)ccc1CN1CCOCC1=C=O. The smallest absolute Gasteiger partial charge is 0.328 e. The summed E-state index contributed by atoms with van der Waals surface area (Å²) in [6, 6.07) is 6.81. The maximum atomic E-state index is 13.0. The highest BCUT2D eigenvalue weighted by molar-refractivity contribution is 6.00. The molecule has 2 N–H and O–H groups in total. The number of methoxy groups -OCH3 is 2. The number of morpholine rings is 1. The molecule has 0 atom stereocenters. The van der Waals surface area contributed by atoms with E-state index in [1.165, 1.54) is 25.3 Å². The minimum Gasteiger partial charge on any atom is -0.382 e. The fourth-order valence-corrected chi connectivity index (χ4v) is 3.72. The molecule has 2 aromatic heterocycles. The summed E-state index contributed by atoms with van der Waals surface area (Å²) < 4.78 is 16.2. The van der Waals surface area contributed by atoms with Gasteiger partial charge in [0.1, 0.15) is 35.0 Å². The molecule has 0 aromatic carbocycles. The number of carbonyl (C=O) groups is 1. The van der Waals surface area contributed by atoms with Crippen molar-refractivity contribution >= 4 is 29.3 Å². The van der Waals surface area contributed by atoms with Crippen LogP contribution in [0.4, 0.5) is 22.1 Å². The van der Waals surface area contributed by atoms with Crippen molar-refractivity contribution in [1.29, 1.82) is 5.26 Å². The molecule has 0 radical (unpaired) electrons. The standard InChI is InChI=1S/C25H31N7O5/c1-16(2)28-20-10-21(27-12-18(20)11-26)29-25(34)31(3)22-7-6-17(23(30-22)24(35-4)36-5)13-32-8-9-37-15-19(32)14-33/h6-7,10,12,16,24H,8-9,13,15H2,1-5H3,(H2,27,28,29,34). The first-order valence-electron chi connectivity index (χ1n) is 11.6. The molecule has 1 aliphatic heterocycles. The molecule has 1 fully saturated rings. The fraction of sp³-hybridized carbons (Fsp3) is 0.440. The summed E-state index contributed by atoms with van der Waals surface area (Å²) in [5, 5.41) is 15.2. The number of ether oxygens (including phenoxy) is 3. The molecule has 0 aliphatic carbocycles. The number of rotatable bonds is 9. The second-order valence-corrected chi connectivity index (χ2v) is 8.56. The molecule has 12 nitrogen and oxygen atoms in total. The number of anilines is 3. The van der Waals surface area contributed by atoms with Crippen molar-refractivity contribution in [2.24, 2.45) is 0 Å². The number of nitrogens with one attached hydrogen (secondary N) is 2. The van der Waals surface area contributed by atoms with E-state index in [1.807, 2.05) is 30.8 Å². The highest BCUT2D eigenvalue weighted by Crippen LogP contribution is 2.26. The number of pyridine rings is 2. The normalized spacial score (nSPS) is 13.4. The van der Waals surface area contributed by atoms with Crippen LogP contribution in [-0.4, -0.2) is 73.9 Å². The monoisotopic (exact) mass is 509 g/mol. The van der Waals surface area contributed by atoms with Gasteiger partial charge in [0.05, 0.1) is 24.5 Å². The number of aromatic nitrogens is 2. The van der Waals surface area contributed by atoms with Gasteiger partial charge in [-0.25, -0.2) is 19.6 Å². The third-order valence-corrected chi connectivity index (χ3v) is 5.61. The van der Waals surface area contributed by atoms with E-state index in [2.05, 4.69) is 26.7 Å². The van der Waals surface area contributed by atoms with E-state index in [0.717, 1.165) is 5.56 Å². The van der Waals surface area contributed by atoms with Gasteiger partial charge in [-0.2, -0.15) is 5.26 Å². The molecule has 1 saturated heterocycles. The van der Waals surface area contributed by atoms with Crippen molar-refractivity contribution in [3.8, 4) is 6.07 Å². The Morgan fingerprint density at radius 1 is 1.32 bits per heavy atom. The highest BCUT2D eigenvalue weighted by Gasteiger charge is 2.24. The van der Waals surface area contributed by atoms with Crippen molar-refractivity contribution < 1.29 is 23.8 Å². The van der Waals surface area contributed by atoms with Gasteiger partial charge in [-0.1, -0.05) is 6.07 Å². The van der Waals surface area contributed by atoms with E-state index in [1.54, 1.807) is 19.2 Å². The van der Waals surface area contributed by atoms with Crippen molar-refractivity contribution in [3.05, 3.63) is 46.9 Å². The van der Waals surface area contributed by atoms with Gasteiger partial charge in [-0.3, -0.25) is 10.2 Å². The van der Waals surface area contributed by atoms with Crippen LogP contribution in [0, 0.1) is 11.3 Å². The van der Waals surface area contributed by atoms with E-state index < -0.39 is 12.3 Å². The first-order valence-corrected chi connectivity index (χ1v) is 11.6. The zero-order valence-electron chi connectivity index (χ0n) is 21.6. The number of urea groups is 1. The van der Waals surface area contributed by atoms with Crippen LogP contribution in [0.3, 0.4) is 0 Å². The summed E-state index contributed by atoms with van der Waals surface area (Å²) in [5.74, 6) is 2.56. The van der Waals surface area contributed by atoms with Crippen LogP contribution in [0.25, 0.3) is 0 Å². The Bertz CT molecular complexity index is 1200. The summed E-state index contributed by atoms with van der Waals surface area (Å²) in [7, 11) is 4.56. The van der Waals surface area contributed by atoms with Gasteiger partial charge in [0.25, 0.3) is 0 Å². The molecule has 2 aromatic rings. The maximum Gasteiger partial charge on any atom is 0.328 e. The summed E-state index contributed by atoms with van der Waals surface area (Å²) in [5.41, 5.74) is 2.60. The minimum atomic E-state index is -0.791. The van der Waals surface area contributed by atoms with E-state index >= 15 is 0 Å². The Morgan fingerprint density at radius 3 is 2.73 bits per heavy atom. The van der Waals surface area contributed by atoms with Crippen molar-refractivity contribution in [2.45, 2.75) is 32.7 Å². The van der Waals surface area contributed by atoms with E-state index in [4.69, 9.17) is 14.2 Å². The lowest BCUT2D eigenvalue weighted by Gasteiger charge is -2.30. The Balaban J connectivity index is 1.85. The van der Waals surface area contributed by atoms with Crippen LogP contribution in [-0.2, 0) is 25.5 Å². The molecule has 3 rings (SSSR count). The van der Waals surface area contributed by atoms with Crippen LogP contribution in [0.1, 0.15) is 37.0 Å². The van der Waals surface area contributed by atoms with Gasteiger partial charge in [0.2, 0.25) is 6.29 Å². The molecule has 37 heavy (non-hydrogen) atoms. The first-order chi connectivity index (χ1) is 17.8. The molecule has 12 heteroatoms. The number of nitriles is 1. The van der Waals surface area contributed by atoms with Gasteiger partial charge >= 0.3 is 6.03 Å². The Morgan fingerprint density at radius 2 is 2.08 bits per heavy atom. The summed E-state index contributed by atoms with van der Waals surface area (Å²) in [6.45, 7) is 5.49.